The quantitative estimate of drug-likeness (QED) is 0.0505. The number of hydrogen-bond acceptors (Lipinski definition) is 21. The molecular weight excluding hydrogens is 1040 g/mol. The highest BCUT2D eigenvalue weighted by Crippen LogP contribution is 2.76. The summed E-state index contributed by atoms with van der Waals surface area (Å²) in [6.45, 7) is 19.4. The average Bonchev–Trinajstić information content (AvgIpc) is 3.80. The Balaban J connectivity index is 1.12. The third kappa shape index (κ3) is 9.99. The minimum Gasteiger partial charge on any atom is -0.479 e. The van der Waals surface area contributed by atoms with Gasteiger partial charge in [-0.1, -0.05) is 72.3 Å². The molecule has 22 heteroatoms. The van der Waals surface area contributed by atoms with Gasteiger partial charge in [0, 0.05) is 16.6 Å². The fourth-order valence-electron chi connectivity index (χ4n) is 16.2. The van der Waals surface area contributed by atoms with E-state index in [4.69, 9.17) is 37.9 Å². The first-order chi connectivity index (χ1) is 36.9. The molecule has 7 fully saturated rings. The molecule has 0 bridgehead atoms. The summed E-state index contributed by atoms with van der Waals surface area (Å²) in [5.41, 5.74) is -2.71. The number of fused-ring (bicyclic) bond motifs is 7. The Bertz CT molecular complexity index is 2350. The van der Waals surface area contributed by atoms with Crippen molar-refractivity contribution in [1.82, 2.24) is 0 Å². The van der Waals surface area contributed by atoms with E-state index in [-0.39, 0.29) is 23.7 Å². The molecule has 3 saturated heterocycles. The third-order valence-corrected chi connectivity index (χ3v) is 21.3. The summed E-state index contributed by atoms with van der Waals surface area (Å²) in [4.78, 5) is 40.3. The van der Waals surface area contributed by atoms with Crippen molar-refractivity contribution in [3.63, 3.8) is 0 Å². The number of aliphatic carboxylic acids is 1. The zero-order valence-electron chi connectivity index (χ0n) is 47.3. The second-order valence-electron chi connectivity index (χ2n) is 26.0. The van der Waals surface area contributed by atoms with Gasteiger partial charge in [-0.05, 0) is 112 Å². The normalized spacial score (nSPS) is 48.6. The van der Waals surface area contributed by atoms with Crippen LogP contribution in [0.3, 0.4) is 0 Å². The van der Waals surface area contributed by atoms with Gasteiger partial charge >= 0.3 is 17.9 Å². The summed E-state index contributed by atoms with van der Waals surface area (Å²) in [7, 11) is 0. The predicted molar refractivity (Wildman–Crippen MR) is 275 cm³/mol. The lowest BCUT2D eigenvalue weighted by Crippen LogP contribution is -2.72. The Labute approximate surface area is 461 Å². The van der Waals surface area contributed by atoms with E-state index >= 15 is 0 Å². The van der Waals surface area contributed by atoms with Crippen LogP contribution in [0.1, 0.15) is 121 Å². The number of aliphatic hydroxyl groups excluding tert-OH is 10. The minimum atomic E-state index is -2.10. The molecule has 0 unspecified atom stereocenters. The maximum atomic E-state index is 13.8. The smallest absolute Gasteiger partial charge is 0.335 e. The highest BCUT2D eigenvalue weighted by atomic mass is 16.8. The van der Waals surface area contributed by atoms with Crippen molar-refractivity contribution in [3.8, 4) is 0 Å². The van der Waals surface area contributed by atoms with E-state index in [9.17, 15) is 70.6 Å². The molecule has 0 aromatic rings. The molecule has 4 saturated carbocycles. The highest BCUT2D eigenvalue weighted by Gasteiger charge is 2.74. The number of allylic oxidation sites excluding steroid dienone is 4. The standard InChI is InChI=1S/C57H88O22/c1-12-25(3)47(70)78-44-45(79-48(71)26(4)13-2)57(24-60)28(20-52(44,5)6)27-14-15-32-54(9)18-17-34(53(7,8)31(54)16-19-55(32,10)56(27,11)21-33(57)61)74-51-43(77-50-39(66)37(64)35(62)29(22-58)72-50)41(40(67)42(76-51)46(68)69)75-49-38(65)36(63)30(23-59)73-49/h12-14,28-45,49-51,58-67H,15-24H2,1-11H3,(H,68,69)/b25-12-,26-13-/t28-,29+,30-,31-,32+,33+,34-,35-,36-,37-,38+,39+,40-,41-,42-,43+,44-,45-,49-,50-,51+,54-,55+,56+,57-/m0/s1. The van der Waals surface area contributed by atoms with Crippen LogP contribution in [-0.2, 0) is 52.3 Å². The second-order valence-corrected chi connectivity index (χ2v) is 26.0. The van der Waals surface area contributed by atoms with Gasteiger partial charge in [0.1, 0.15) is 67.1 Å². The number of carbonyl (C=O) groups is 3. The molecule has 448 valence electrons. The lowest BCUT2D eigenvalue weighted by Gasteiger charge is -2.72. The molecule has 22 nitrogen and oxygen atoms in total. The number of esters is 2. The number of hydrogen-bond donors (Lipinski definition) is 11. The van der Waals surface area contributed by atoms with E-state index in [0.717, 1.165) is 5.57 Å². The first-order valence-corrected chi connectivity index (χ1v) is 28.0. The van der Waals surface area contributed by atoms with Crippen molar-refractivity contribution in [2.75, 3.05) is 19.8 Å². The van der Waals surface area contributed by atoms with Gasteiger partial charge in [-0.2, -0.15) is 0 Å². The van der Waals surface area contributed by atoms with Crippen molar-refractivity contribution in [1.29, 1.82) is 0 Å². The van der Waals surface area contributed by atoms with Crippen LogP contribution in [0, 0.1) is 50.2 Å². The molecule has 8 aliphatic rings. The van der Waals surface area contributed by atoms with E-state index in [1.807, 2.05) is 13.8 Å². The van der Waals surface area contributed by atoms with Gasteiger partial charge in [0.2, 0.25) is 0 Å². The van der Waals surface area contributed by atoms with Crippen LogP contribution >= 0.6 is 0 Å². The highest BCUT2D eigenvalue weighted by molar-refractivity contribution is 5.89. The monoisotopic (exact) mass is 1120 g/mol. The second kappa shape index (κ2) is 22.5. The van der Waals surface area contributed by atoms with Crippen LogP contribution in [0.2, 0.25) is 0 Å². The molecule has 5 aliphatic carbocycles. The largest absolute Gasteiger partial charge is 0.479 e. The number of aliphatic hydroxyl groups is 10. The summed E-state index contributed by atoms with van der Waals surface area (Å²) in [5.74, 6) is -3.40. The fourth-order valence-corrected chi connectivity index (χ4v) is 16.2. The molecule has 25 atom stereocenters. The van der Waals surface area contributed by atoms with Crippen molar-refractivity contribution in [3.05, 3.63) is 34.9 Å². The Hall–Kier alpha value is -3.01. The van der Waals surface area contributed by atoms with Crippen LogP contribution in [0.25, 0.3) is 0 Å². The molecule has 0 aromatic carbocycles. The Morgan fingerprint density at radius 1 is 0.646 bits per heavy atom. The summed E-state index contributed by atoms with van der Waals surface area (Å²) >= 11 is 0. The van der Waals surface area contributed by atoms with Crippen LogP contribution < -0.4 is 0 Å². The molecule has 8 rings (SSSR count). The van der Waals surface area contributed by atoms with Gasteiger partial charge in [0.15, 0.2) is 31.1 Å². The van der Waals surface area contributed by atoms with Gasteiger partial charge < -0.3 is 94.1 Å². The van der Waals surface area contributed by atoms with Gasteiger partial charge in [0.05, 0.1) is 37.4 Å². The molecule has 79 heavy (non-hydrogen) atoms. The zero-order chi connectivity index (χ0) is 58.4. The lowest BCUT2D eigenvalue weighted by atomic mass is 9.33. The Kier molecular flexibility index (Phi) is 17.7. The molecule has 0 spiro atoms. The van der Waals surface area contributed by atoms with Crippen molar-refractivity contribution < 1.29 is 108 Å². The van der Waals surface area contributed by atoms with Gasteiger partial charge in [0.25, 0.3) is 0 Å². The molecule has 0 aromatic heterocycles. The Morgan fingerprint density at radius 3 is 1.73 bits per heavy atom. The molecule has 3 aliphatic heterocycles. The van der Waals surface area contributed by atoms with E-state index in [2.05, 4.69) is 40.7 Å². The summed E-state index contributed by atoms with van der Waals surface area (Å²) in [5, 5.41) is 121. The minimum absolute atomic E-state index is 0.0232. The molecule has 0 radical (unpaired) electrons. The molecular formula is C57H88O22. The Morgan fingerprint density at radius 2 is 1.19 bits per heavy atom. The van der Waals surface area contributed by atoms with Crippen molar-refractivity contribution >= 4 is 17.9 Å². The van der Waals surface area contributed by atoms with Crippen LogP contribution in [0.5, 0.6) is 0 Å². The predicted octanol–water partition coefficient (Wildman–Crippen LogP) is 1.29. The zero-order valence-corrected chi connectivity index (χ0v) is 47.3. The fraction of sp³-hybridized carbons (Fsp3) is 0.842. The third-order valence-electron chi connectivity index (χ3n) is 21.3. The molecule has 3 heterocycles. The van der Waals surface area contributed by atoms with E-state index < -0.39 is 181 Å². The van der Waals surface area contributed by atoms with Crippen LogP contribution in [0.15, 0.2) is 34.9 Å². The van der Waals surface area contributed by atoms with E-state index in [1.54, 1.807) is 39.8 Å². The lowest BCUT2D eigenvalue weighted by molar-refractivity contribution is -0.386. The van der Waals surface area contributed by atoms with E-state index in [1.165, 1.54) is 0 Å². The topological polar surface area (TPSA) is 348 Å². The van der Waals surface area contributed by atoms with E-state index in [0.29, 0.717) is 49.7 Å². The molecule has 0 amide bonds. The SMILES string of the molecule is C/C=C(/C)C(=O)O[C@H]1[C@H](OC(=O)/C(C)=C\C)[C@]2(CO)[C@H](O)C[C@]3(C)C(=CC[C@@H]4[C@@]5(C)CC[C@H](O[C@@H]6O[C@H](C(=O)O)[C@@H](O)[C@H](O[C@@H]7O[C@@H](CO)[C@H](O)[C@H]7O)[C@H]6O[C@@H]6O[C@H](CO)[C@H](O)[C@H](O)[C@H]6O)C(C)(C)[C@@H]5CC[C@]43C)[C@@H]2CC1(C)C. The van der Waals surface area contributed by atoms with Gasteiger partial charge in [-0.15, -0.1) is 0 Å². The first kappa shape index (κ1) is 62.0. The van der Waals surface area contributed by atoms with Crippen molar-refractivity contribution in [2.45, 2.75) is 232 Å². The average molecular weight is 1130 g/mol. The summed E-state index contributed by atoms with van der Waals surface area (Å²) < 4.78 is 49.2. The number of ether oxygens (including phenoxy) is 8. The summed E-state index contributed by atoms with van der Waals surface area (Å²) in [6, 6.07) is 0. The van der Waals surface area contributed by atoms with Crippen LogP contribution in [0.4, 0.5) is 0 Å². The number of carbonyl (C=O) groups excluding carboxylic acids is 2. The summed E-state index contributed by atoms with van der Waals surface area (Å²) in [6.07, 6.45) is -20.2. The maximum Gasteiger partial charge on any atom is 0.335 e. The molecule has 11 N–H and O–H groups in total. The van der Waals surface area contributed by atoms with Crippen molar-refractivity contribution in [2.24, 2.45) is 50.2 Å². The number of carboxylic acid groups (broad SMARTS) is 1. The first-order valence-electron chi connectivity index (χ1n) is 28.0. The maximum absolute atomic E-state index is 13.8. The van der Waals surface area contributed by atoms with Gasteiger partial charge in [-0.25, -0.2) is 14.4 Å². The number of carboxylic acids is 1. The van der Waals surface area contributed by atoms with Crippen LogP contribution in [-0.4, -0.2) is 204 Å². The number of rotatable bonds is 14. The van der Waals surface area contributed by atoms with Gasteiger partial charge in [-0.3, -0.25) is 0 Å².